The van der Waals surface area contributed by atoms with Crippen LogP contribution < -0.4 is 9.47 Å². The summed E-state index contributed by atoms with van der Waals surface area (Å²) >= 11 is 0. The summed E-state index contributed by atoms with van der Waals surface area (Å²) in [7, 11) is 0. The highest BCUT2D eigenvalue weighted by atomic mass is 16.5. The minimum absolute atomic E-state index is 0.0144. The fourth-order valence-electron chi connectivity index (χ4n) is 3.28. The van der Waals surface area contributed by atoms with Crippen molar-refractivity contribution in [1.29, 1.82) is 0 Å². The molecule has 0 aliphatic heterocycles. The highest BCUT2D eigenvalue weighted by Gasteiger charge is 2.30. The molecular weight excluding hydrogens is 424 g/mol. The van der Waals surface area contributed by atoms with E-state index in [1.807, 2.05) is 6.92 Å². The Bertz CT molecular complexity index is 990. The van der Waals surface area contributed by atoms with Crippen molar-refractivity contribution in [2.45, 2.75) is 53.4 Å². The number of rotatable bonds is 13. The number of aliphatic carboxylic acids is 1. The molecule has 0 atom stereocenters. The lowest BCUT2D eigenvalue weighted by Crippen LogP contribution is -2.26. The van der Waals surface area contributed by atoms with Crippen molar-refractivity contribution in [1.82, 2.24) is 0 Å². The van der Waals surface area contributed by atoms with Crippen molar-refractivity contribution >= 4 is 17.5 Å². The Balaban J connectivity index is 1.86. The fourth-order valence-corrected chi connectivity index (χ4v) is 3.28. The van der Waals surface area contributed by atoms with E-state index in [9.17, 15) is 24.6 Å². The minimum Gasteiger partial charge on any atom is -0.507 e. The summed E-state index contributed by atoms with van der Waals surface area (Å²) in [5.41, 5.74) is 0.254. The smallest absolute Gasteiger partial charge is 0.309 e. The van der Waals surface area contributed by atoms with Crippen LogP contribution in [-0.2, 0) is 11.2 Å². The van der Waals surface area contributed by atoms with Gasteiger partial charge in [-0.15, -0.1) is 0 Å². The molecule has 0 saturated carbocycles. The number of Topliss-reactive ketones (excluding diaryl/α,β-unsaturated/α-hetero) is 2. The summed E-state index contributed by atoms with van der Waals surface area (Å²) in [4.78, 5) is 35.2. The van der Waals surface area contributed by atoms with E-state index in [2.05, 4.69) is 0 Å². The van der Waals surface area contributed by atoms with Crippen LogP contribution in [0.15, 0.2) is 36.4 Å². The van der Waals surface area contributed by atoms with E-state index in [0.717, 1.165) is 6.42 Å². The summed E-state index contributed by atoms with van der Waals surface area (Å²) in [6.45, 7) is 7.22. The zero-order valence-electron chi connectivity index (χ0n) is 19.6. The van der Waals surface area contributed by atoms with Gasteiger partial charge in [-0.25, -0.2) is 0 Å². The molecule has 0 spiro atoms. The van der Waals surface area contributed by atoms with Gasteiger partial charge in [0.25, 0.3) is 0 Å². The number of carboxylic acid groups (broad SMARTS) is 1. The number of hydrogen-bond donors (Lipinski definition) is 2. The lowest BCUT2D eigenvalue weighted by molar-refractivity contribution is -0.146. The molecule has 0 radical (unpaired) electrons. The number of hydrogen-bond acceptors (Lipinski definition) is 6. The van der Waals surface area contributed by atoms with Gasteiger partial charge in [-0.05, 0) is 63.6 Å². The Morgan fingerprint density at radius 3 is 2.18 bits per heavy atom. The largest absolute Gasteiger partial charge is 0.507 e. The molecule has 0 saturated heterocycles. The van der Waals surface area contributed by atoms with Gasteiger partial charge in [0.05, 0.1) is 24.2 Å². The van der Waals surface area contributed by atoms with Gasteiger partial charge >= 0.3 is 5.97 Å². The number of phenols is 1. The standard InChI is InChI=1S/C26H32O7/c1-5-7-21-23(13-12-20(17(2)27)24(21)29)33-15-6-14-32-19-10-8-18(9-11-19)22(28)16-26(3,4)25(30)31/h8-13,29H,5-7,14-16H2,1-4H3,(H,30,31). The Kier molecular flexibility index (Phi) is 9.02. The summed E-state index contributed by atoms with van der Waals surface area (Å²) in [6, 6.07) is 9.90. The quantitative estimate of drug-likeness (QED) is 0.319. The maximum absolute atomic E-state index is 12.3. The summed E-state index contributed by atoms with van der Waals surface area (Å²) in [6.07, 6.45) is 1.92. The van der Waals surface area contributed by atoms with Gasteiger partial charge in [0.15, 0.2) is 11.6 Å². The first-order chi connectivity index (χ1) is 15.6. The number of phenolic OH excluding ortho intramolecular Hbond substituents is 1. The molecule has 2 aromatic carbocycles. The number of benzene rings is 2. The van der Waals surface area contributed by atoms with E-state index in [-0.39, 0.29) is 23.7 Å². The number of carbonyl (C=O) groups is 3. The van der Waals surface area contributed by atoms with Gasteiger partial charge in [0, 0.05) is 24.0 Å². The molecule has 178 valence electrons. The molecule has 2 aromatic rings. The van der Waals surface area contributed by atoms with Crippen molar-refractivity contribution in [2.24, 2.45) is 5.41 Å². The SMILES string of the molecule is CCCc1c(OCCCOc2ccc(C(=O)CC(C)(C)C(=O)O)cc2)ccc(C(C)=O)c1O. The van der Waals surface area contributed by atoms with Gasteiger partial charge < -0.3 is 19.7 Å². The third-order valence-electron chi connectivity index (χ3n) is 5.29. The van der Waals surface area contributed by atoms with Crippen LogP contribution in [0.2, 0.25) is 0 Å². The lowest BCUT2D eigenvalue weighted by atomic mass is 9.86. The summed E-state index contributed by atoms with van der Waals surface area (Å²) in [5, 5.41) is 19.6. The van der Waals surface area contributed by atoms with Gasteiger partial charge in [-0.3, -0.25) is 14.4 Å². The highest BCUT2D eigenvalue weighted by molar-refractivity contribution is 5.99. The first-order valence-electron chi connectivity index (χ1n) is 11.0. The van der Waals surface area contributed by atoms with E-state index < -0.39 is 11.4 Å². The van der Waals surface area contributed by atoms with Gasteiger partial charge in [-0.1, -0.05) is 13.3 Å². The number of carboxylic acids is 1. The zero-order chi connectivity index (χ0) is 24.6. The molecule has 33 heavy (non-hydrogen) atoms. The van der Waals surface area contributed by atoms with Crippen LogP contribution >= 0.6 is 0 Å². The zero-order valence-corrected chi connectivity index (χ0v) is 19.6. The van der Waals surface area contributed by atoms with E-state index in [4.69, 9.17) is 9.47 Å². The first kappa shape index (κ1) is 25.9. The average molecular weight is 457 g/mol. The van der Waals surface area contributed by atoms with Crippen molar-refractivity contribution in [2.75, 3.05) is 13.2 Å². The molecule has 2 rings (SSSR count). The van der Waals surface area contributed by atoms with Crippen LogP contribution in [0.4, 0.5) is 0 Å². The van der Waals surface area contributed by atoms with Crippen LogP contribution in [0.25, 0.3) is 0 Å². The Morgan fingerprint density at radius 1 is 0.970 bits per heavy atom. The van der Waals surface area contributed by atoms with Crippen LogP contribution in [0.5, 0.6) is 17.2 Å². The molecule has 0 aromatic heterocycles. The molecule has 0 unspecified atom stereocenters. The molecule has 0 aliphatic rings. The van der Waals surface area contributed by atoms with Crippen molar-refractivity contribution in [3.8, 4) is 17.2 Å². The summed E-state index contributed by atoms with van der Waals surface area (Å²) in [5.74, 6) is -0.289. The molecule has 7 nitrogen and oxygen atoms in total. The Morgan fingerprint density at radius 2 is 1.61 bits per heavy atom. The normalized spacial score (nSPS) is 11.2. The molecule has 7 heteroatoms. The number of ether oxygens (including phenoxy) is 2. The highest BCUT2D eigenvalue weighted by Crippen LogP contribution is 2.33. The molecular formula is C26H32O7. The lowest BCUT2D eigenvalue weighted by Gasteiger charge is -2.17. The molecule has 2 N–H and O–H groups in total. The molecule has 0 bridgehead atoms. The van der Waals surface area contributed by atoms with E-state index >= 15 is 0 Å². The molecule has 0 fully saturated rings. The van der Waals surface area contributed by atoms with E-state index in [0.29, 0.717) is 54.2 Å². The van der Waals surface area contributed by atoms with Gasteiger partial charge in [-0.2, -0.15) is 0 Å². The first-order valence-corrected chi connectivity index (χ1v) is 11.0. The molecule has 0 aliphatic carbocycles. The van der Waals surface area contributed by atoms with Crippen molar-refractivity contribution in [3.63, 3.8) is 0 Å². The van der Waals surface area contributed by atoms with Gasteiger partial charge in [0.2, 0.25) is 0 Å². The topological polar surface area (TPSA) is 110 Å². The predicted octanol–water partition coefficient (Wildman–Crippen LogP) is 5.08. The van der Waals surface area contributed by atoms with Crippen molar-refractivity contribution < 1.29 is 34.1 Å². The maximum atomic E-state index is 12.3. The van der Waals surface area contributed by atoms with Crippen LogP contribution in [0.1, 0.15) is 73.2 Å². The monoisotopic (exact) mass is 456 g/mol. The second-order valence-electron chi connectivity index (χ2n) is 8.61. The second kappa shape index (κ2) is 11.5. The fraction of sp³-hybridized carbons (Fsp3) is 0.423. The number of carbonyl (C=O) groups excluding carboxylic acids is 2. The molecule has 0 heterocycles. The van der Waals surface area contributed by atoms with Crippen LogP contribution in [-0.4, -0.2) is 41.0 Å². The number of ketones is 2. The second-order valence-corrected chi connectivity index (χ2v) is 8.61. The predicted molar refractivity (Wildman–Crippen MR) is 125 cm³/mol. The average Bonchev–Trinajstić information content (AvgIpc) is 2.75. The van der Waals surface area contributed by atoms with Gasteiger partial charge in [0.1, 0.15) is 17.2 Å². The Hall–Kier alpha value is -3.35. The Labute approximate surface area is 194 Å². The third-order valence-corrected chi connectivity index (χ3v) is 5.29. The summed E-state index contributed by atoms with van der Waals surface area (Å²) < 4.78 is 11.5. The van der Waals surface area contributed by atoms with Crippen LogP contribution in [0, 0.1) is 5.41 Å². The number of aromatic hydroxyl groups is 1. The molecule has 0 amide bonds. The van der Waals surface area contributed by atoms with Crippen molar-refractivity contribution in [3.05, 3.63) is 53.1 Å². The third kappa shape index (κ3) is 7.07. The maximum Gasteiger partial charge on any atom is 0.309 e. The van der Waals surface area contributed by atoms with E-state index in [1.165, 1.54) is 20.8 Å². The minimum atomic E-state index is -1.12. The van der Waals surface area contributed by atoms with Crippen LogP contribution in [0.3, 0.4) is 0 Å². The van der Waals surface area contributed by atoms with E-state index in [1.54, 1.807) is 36.4 Å².